The van der Waals surface area contributed by atoms with Crippen molar-refractivity contribution in [2.24, 2.45) is 0 Å². The molecule has 1 saturated heterocycles. The summed E-state index contributed by atoms with van der Waals surface area (Å²) in [6.45, 7) is -0.124. The number of ether oxygens (including phenoxy) is 3. The second-order valence-corrected chi connectivity index (χ2v) is 7.98. The molecule has 31 heavy (non-hydrogen) atoms. The van der Waals surface area contributed by atoms with Gasteiger partial charge in [-0.25, -0.2) is 4.79 Å². The quantitative estimate of drug-likeness (QED) is 0.640. The summed E-state index contributed by atoms with van der Waals surface area (Å²) < 4.78 is 15.9. The van der Waals surface area contributed by atoms with Gasteiger partial charge in [0.25, 0.3) is 5.91 Å². The van der Waals surface area contributed by atoms with Crippen LogP contribution in [0.4, 0.5) is 4.79 Å². The monoisotopic (exact) mass is 433 g/mol. The van der Waals surface area contributed by atoms with Crippen LogP contribution in [-0.4, -0.2) is 56.2 Å². The molecule has 170 valence electrons. The van der Waals surface area contributed by atoms with Crippen molar-refractivity contribution >= 4 is 17.8 Å². The van der Waals surface area contributed by atoms with Crippen LogP contribution in [0.5, 0.6) is 17.2 Å². The van der Waals surface area contributed by atoms with Crippen LogP contribution in [0.3, 0.4) is 0 Å². The fourth-order valence-electron chi connectivity index (χ4n) is 4.31. The van der Waals surface area contributed by atoms with E-state index >= 15 is 0 Å². The average Bonchev–Trinajstić information content (AvgIpc) is 2.98. The predicted molar refractivity (Wildman–Crippen MR) is 113 cm³/mol. The number of urea groups is 1. The van der Waals surface area contributed by atoms with Crippen LogP contribution in [0.1, 0.15) is 50.5 Å². The van der Waals surface area contributed by atoms with Gasteiger partial charge in [-0.15, -0.1) is 0 Å². The number of nitrogens with zero attached hydrogens (tertiary/aromatic N) is 1. The molecule has 9 heteroatoms. The van der Waals surface area contributed by atoms with E-state index in [-0.39, 0.29) is 19.0 Å². The Labute approximate surface area is 182 Å². The number of carbonyl (C=O) groups excluding carboxylic acids is 3. The lowest BCUT2D eigenvalue weighted by Crippen LogP contribution is -2.48. The molecule has 4 amide bonds. The van der Waals surface area contributed by atoms with Gasteiger partial charge in [0, 0.05) is 6.54 Å². The molecule has 2 N–H and O–H groups in total. The first kappa shape index (κ1) is 22.7. The number of amides is 4. The lowest BCUT2D eigenvalue weighted by Gasteiger charge is -2.28. The molecule has 1 spiro atoms. The molecule has 9 nitrogen and oxygen atoms in total. The first-order chi connectivity index (χ1) is 14.9. The molecular formula is C22H31N3O6. The lowest BCUT2D eigenvalue weighted by molar-refractivity contribution is -0.135. The molecule has 1 aromatic rings. The number of methoxy groups -OCH3 is 3. The normalized spacial score (nSPS) is 18.2. The summed E-state index contributed by atoms with van der Waals surface area (Å²) in [7, 11) is 4.55. The van der Waals surface area contributed by atoms with Gasteiger partial charge in [-0.2, -0.15) is 0 Å². The van der Waals surface area contributed by atoms with E-state index in [1.807, 2.05) is 0 Å². The van der Waals surface area contributed by atoms with E-state index in [0.717, 1.165) is 42.6 Å². The zero-order chi connectivity index (χ0) is 22.4. The van der Waals surface area contributed by atoms with Crippen molar-refractivity contribution in [3.8, 4) is 17.2 Å². The first-order valence-electron chi connectivity index (χ1n) is 10.6. The summed E-state index contributed by atoms with van der Waals surface area (Å²) in [5.74, 6) is 0.712. The zero-order valence-corrected chi connectivity index (χ0v) is 18.4. The van der Waals surface area contributed by atoms with Crippen LogP contribution < -0.4 is 24.8 Å². The largest absolute Gasteiger partial charge is 0.493 e. The summed E-state index contributed by atoms with van der Waals surface area (Å²) in [5, 5.41) is 5.63. The minimum atomic E-state index is -0.853. The van der Waals surface area contributed by atoms with Gasteiger partial charge in [0.2, 0.25) is 11.7 Å². The summed E-state index contributed by atoms with van der Waals surface area (Å²) in [6, 6.07) is 2.98. The molecule has 1 aromatic carbocycles. The molecule has 0 bridgehead atoms. The molecule has 0 radical (unpaired) electrons. The minimum Gasteiger partial charge on any atom is -0.493 e. The number of carbonyl (C=O) groups is 3. The summed E-state index contributed by atoms with van der Waals surface area (Å²) in [4.78, 5) is 39.0. The molecule has 1 heterocycles. The van der Waals surface area contributed by atoms with E-state index < -0.39 is 17.5 Å². The Morgan fingerprint density at radius 3 is 2.13 bits per heavy atom. The lowest BCUT2D eigenvalue weighted by atomic mass is 9.84. The number of nitrogens with one attached hydrogen (secondary N) is 2. The Morgan fingerprint density at radius 2 is 1.58 bits per heavy atom. The fourth-order valence-corrected chi connectivity index (χ4v) is 4.31. The number of benzene rings is 1. The van der Waals surface area contributed by atoms with Crippen LogP contribution in [0.2, 0.25) is 0 Å². The summed E-state index contributed by atoms with van der Waals surface area (Å²) in [6.07, 6.45) is 6.31. The maximum absolute atomic E-state index is 13.0. The molecule has 3 rings (SSSR count). The van der Waals surface area contributed by atoms with Gasteiger partial charge in [-0.3, -0.25) is 14.5 Å². The maximum atomic E-state index is 13.0. The third kappa shape index (κ3) is 4.86. The number of imide groups is 1. The van der Waals surface area contributed by atoms with E-state index in [4.69, 9.17) is 14.2 Å². The minimum absolute atomic E-state index is 0.185. The SMILES string of the molecule is COc1cc(CNC(=O)CN2C(=O)NC3(CCCCCCC3)C2=O)cc(OC)c1OC. The third-order valence-electron chi connectivity index (χ3n) is 5.97. The van der Waals surface area contributed by atoms with Gasteiger partial charge in [0.1, 0.15) is 12.1 Å². The highest BCUT2D eigenvalue weighted by atomic mass is 16.5. The Kier molecular flexibility index (Phi) is 7.25. The molecule has 0 aromatic heterocycles. The number of hydrogen-bond donors (Lipinski definition) is 2. The van der Waals surface area contributed by atoms with Gasteiger partial charge in [0.15, 0.2) is 11.5 Å². The van der Waals surface area contributed by atoms with Crippen LogP contribution in [0.25, 0.3) is 0 Å². The van der Waals surface area contributed by atoms with E-state index in [1.54, 1.807) is 12.1 Å². The van der Waals surface area contributed by atoms with Crippen LogP contribution in [-0.2, 0) is 16.1 Å². The Hall–Kier alpha value is -2.97. The highest BCUT2D eigenvalue weighted by Crippen LogP contribution is 2.38. The number of rotatable bonds is 7. The van der Waals surface area contributed by atoms with Crippen molar-refractivity contribution in [1.29, 1.82) is 0 Å². The molecule has 0 unspecified atom stereocenters. The highest BCUT2D eigenvalue weighted by Gasteiger charge is 2.50. The van der Waals surface area contributed by atoms with E-state index in [0.29, 0.717) is 30.1 Å². The van der Waals surface area contributed by atoms with Crippen LogP contribution >= 0.6 is 0 Å². The Balaban J connectivity index is 1.63. The molecular weight excluding hydrogens is 402 g/mol. The highest BCUT2D eigenvalue weighted by molar-refractivity contribution is 6.09. The van der Waals surface area contributed by atoms with Crippen molar-refractivity contribution in [3.63, 3.8) is 0 Å². The van der Waals surface area contributed by atoms with Crippen molar-refractivity contribution in [2.45, 2.75) is 57.0 Å². The van der Waals surface area contributed by atoms with Gasteiger partial charge < -0.3 is 24.8 Å². The fraction of sp³-hybridized carbons (Fsp3) is 0.591. The predicted octanol–water partition coefficient (Wildman–Crippen LogP) is 2.36. The Morgan fingerprint density at radius 1 is 1.00 bits per heavy atom. The molecule has 2 aliphatic rings. The van der Waals surface area contributed by atoms with Gasteiger partial charge in [-0.1, -0.05) is 32.1 Å². The average molecular weight is 434 g/mol. The van der Waals surface area contributed by atoms with Gasteiger partial charge >= 0.3 is 6.03 Å². The summed E-state index contributed by atoms with van der Waals surface area (Å²) >= 11 is 0. The molecule has 1 aliphatic carbocycles. The van der Waals surface area contributed by atoms with E-state index in [1.165, 1.54) is 21.3 Å². The Bertz CT molecular complexity index is 808. The van der Waals surface area contributed by atoms with Crippen molar-refractivity contribution in [1.82, 2.24) is 15.5 Å². The van der Waals surface area contributed by atoms with Crippen LogP contribution in [0, 0.1) is 0 Å². The van der Waals surface area contributed by atoms with Gasteiger partial charge in [0.05, 0.1) is 21.3 Å². The van der Waals surface area contributed by atoms with Crippen molar-refractivity contribution < 1.29 is 28.6 Å². The molecule has 1 saturated carbocycles. The van der Waals surface area contributed by atoms with E-state index in [9.17, 15) is 14.4 Å². The third-order valence-corrected chi connectivity index (χ3v) is 5.97. The molecule has 0 atom stereocenters. The van der Waals surface area contributed by atoms with Gasteiger partial charge in [-0.05, 0) is 30.5 Å². The smallest absolute Gasteiger partial charge is 0.325 e. The first-order valence-corrected chi connectivity index (χ1v) is 10.6. The summed E-state index contributed by atoms with van der Waals surface area (Å²) in [5.41, 5.74) is -0.120. The zero-order valence-electron chi connectivity index (χ0n) is 18.4. The topological polar surface area (TPSA) is 106 Å². The second-order valence-electron chi connectivity index (χ2n) is 7.98. The standard InChI is InChI=1S/C22H31N3O6/c1-29-16-11-15(12-17(30-2)19(16)31-3)13-23-18(26)14-25-20(27)22(24-21(25)28)9-7-5-4-6-8-10-22/h11-12H,4-10,13-14H2,1-3H3,(H,23,26)(H,24,28). The second kappa shape index (κ2) is 9.89. The van der Waals surface area contributed by atoms with E-state index in [2.05, 4.69) is 10.6 Å². The van der Waals surface area contributed by atoms with Crippen LogP contribution in [0.15, 0.2) is 12.1 Å². The van der Waals surface area contributed by atoms with Crippen molar-refractivity contribution in [2.75, 3.05) is 27.9 Å². The maximum Gasteiger partial charge on any atom is 0.325 e. The molecule has 2 fully saturated rings. The van der Waals surface area contributed by atoms with Crippen molar-refractivity contribution in [3.05, 3.63) is 17.7 Å². The molecule has 1 aliphatic heterocycles. The number of hydrogen-bond acceptors (Lipinski definition) is 6.